The molecule has 2 aromatic carbocycles. The van der Waals surface area contributed by atoms with E-state index in [-0.39, 0.29) is 11.2 Å². The van der Waals surface area contributed by atoms with E-state index in [0.717, 1.165) is 34.0 Å². The molecule has 4 rings (SSSR count). The van der Waals surface area contributed by atoms with Crippen LogP contribution >= 0.6 is 11.8 Å². The quantitative estimate of drug-likeness (QED) is 0.724. The minimum Gasteiger partial charge on any atom is -0.497 e. The number of anilines is 1. The number of methoxy groups -OCH3 is 2. The fraction of sp³-hybridized carbons (Fsp3) is 0.238. The summed E-state index contributed by atoms with van der Waals surface area (Å²) in [5, 5.41) is 7.66. The number of aryl methyl sites for hydroxylation is 1. The van der Waals surface area contributed by atoms with Gasteiger partial charge in [0.2, 0.25) is 5.91 Å². The van der Waals surface area contributed by atoms with Crippen molar-refractivity contribution in [2.24, 2.45) is 0 Å². The van der Waals surface area contributed by atoms with Crippen LogP contribution in [-0.2, 0) is 4.79 Å². The van der Waals surface area contributed by atoms with Gasteiger partial charge in [-0.1, -0.05) is 18.2 Å². The molecule has 0 spiro atoms. The second kappa shape index (κ2) is 7.59. The van der Waals surface area contributed by atoms with E-state index in [1.54, 1.807) is 30.7 Å². The number of para-hydroxylation sites is 1. The molecule has 1 aromatic heterocycles. The van der Waals surface area contributed by atoms with Gasteiger partial charge in [-0.3, -0.25) is 4.79 Å². The van der Waals surface area contributed by atoms with Crippen LogP contribution in [0.2, 0.25) is 0 Å². The van der Waals surface area contributed by atoms with Crippen LogP contribution in [-0.4, -0.2) is 35.7 Å². The lowest BCUT2D eigenvalue weighted by Gasteiger charge is -2.19. The van der Waals surface area contributed by atoms with Crippen molar-refractivity contribution in [3.8, 4) is 17.2 Å². The monoisotopic (exact) mass is 395 g/mol. The summed E-state index contributed by atoms with van der Waals surface area (Å²) < 4.78 is 12.8. The van der Waals surface area contributed by atoms with Crippen LogP contribution in [0.15, 0.2) is 48.5 Å². The first-order chi connectivity index (χ1) is 13.6. The topological polar surface area (TPSA) is 65.4 Å². The Morgan fingerprint density at radius 3 is 2.64 bits per heavy atom. The highest BCUT2D eigenvalue weighted by Gasteiger charge is 2.32. The van der Waals surface area contributed by atoms with Gasteiger partial charge in [-0.15, -0.1) is 11.8 Å². The molecule has 0 saturated heterocycles. The predicted molar refractivity (Wildman–Crippen MR) is 111 cm³/mol. The van der Waals surface area contributed by atoms with Crippen molar-refractivity contribution in [3.05, 3.63) is 65.4 Å². The lowest BCUT2D eigenvalue weighted by molar-refractivity contribution is -0.113. The zero-order chi connectivity index (χ0) is 19.7. The number of amides is 1. The number of thioether (sulfide) groups is 1. The number of ether oxygens (including phenoxy) is 2. The van der Waals surface area contributed by atoms with Gasteiger partial charge in [0.25, 0.3) is 0 Å². The lowest BCUT2D eigenvalue weighted by atomic mass is 10.0. The fourth-order valence-electron chi connectivity index (χ4n) is 3.43. The van der Waals surface area contributed by atoms with E-state index in [1.807, 2.05) is 55.5 Å². The number of rotatable bonds is 4. The maximum absolute atomic E-state index is 12.5. The largest absolute Gasteiger partial charge is 0.497 e. The van der Waals surface area contributed by atoms with Gasteiger partial charge in [0, 0.05) is 11.1 Å². The Bertz CT molecular complexity index is 1020. The molecule has 1 aliphatic rings. The number of hydrogen-bond acceptors (Lipinski definition) is 5. The number of aromatic nitrogens is 2. The first-order valence-corrected chi connectivity index (χ1v) is 9.95. The van der Waals surface area contributed by atoms with Crippen LogP contribution in [0.4, 0.5) is 5.82 Å². The van der Waals surface area contributed by atoms with Gasteiger partial charge >= 0.3 is 0 Å². The number of carbonyl (C=O) groups excluding carboxylic acids is 1. The molecule has 0 bridgehead atoms. The van der Waals surface area contributed by atoms with Crippen LogP contribution in [0.25, 0.3) is 5.69 Å². The number of nitrogens with zero attached hydrogens (tertiary/aromatic N) is 2. The number of fused-ring (bicyclic) bond motifs is 1. The number of carbonyl (C=O) groups is 1. The SMILES string of the molecule is COc1ccc(OC)c([C@H]2SCC(=O)Nc3c2c(C)nn3-c2ccccc2)c1. The molecule has 6 nitrogen and oxygen atoms in total. The van der Waals surface area contributed by atoms with E-state index in [4.69, 9.17) is 14.6 Å². The number of benzene rings is 2. The molecule has 1 amide bonds. The zero-order valence-corrected chi connectivity index (χ0v) is 16.7. The molecule has 1 N–H and O–H groups in total. The fourth-order valence-corrected chi connectivity index (χ4v) is 4.63. The highest BCUT2D eigenvalue weighted by atomic mass is 32.2. The van der Waals surface area contributed by atoms with E-state index >= 15 is 0 Å². The second-order valence-corrected chi connectivity index (χ2v) is 7.54. The van der Waals surface area contributed by atoms with Gasteiger partial charge in [-0.2, -0.15) is 5.10 Å². The van der Waals surface area contributed by atoms with Gasteiger partial charge in [0.05, 0.1) is 36.6 Å². The molecule has 3 aromatic rings. The number of hydrogen-bond donors (Lipinski definition) is 1. The Kier molecular flexibility index (Phi) is 5.00. The molecule has 1 atom stereocenters. The van der Waals surface area contributed by atoms with Gasteiger partial charge in [-0.25, -0.2) is 4.68 Å². The maximum atomic E-state index is 12.5. The van der Waals surface area contributed by atoms with Crippen molar-refractivity contribution in [1.82, 2.24) is 9.78 Å². The summed E-state index contributed by atoms with van der Waals surface area (Å²) in [7, 11) is 3.29. The molecular formula is C21H21N3O3S. The molecule has 144 valence electrons. The average molecular weight is 395 g/mol. The van der Waals surface area contributed by atoms with Crippen LogP contribution in [0.1, 0.15) is 22.1 Å². The van der Waals surface area contributed by atoms with Gasteiger partial charge in [0.1, 0.15) is 17.3 Å². The number of nitrogens with one attached hydrogen (secondary N) is 1. The third kappa shape index (κ3) is 3.22. The maximum Gasteiger partial charge on any atom is 0.235 e. The summed E-state index contributed by atoms with van der Waals surface area (Å²) in [6, 6.07) is 15.5. The van der Waals surface area contributed by atoms with Crippen molar-refractivity contribution >= 4 is 23.5 Å². The van der Waals surface area contributed by atoms with E-state index in [9.17, 15) is 4.79 Å². The Morgan fingerprint density at radius 1 is 1.14 bits per heavy atom. The predicted octanol–water partition coefficient (Wildman–Crippen LogP) is 3.97. The molecule has 7 heteroatoms. The highest BCUT2D eigenvalue weighted by molar-refractivity contribution is 8.00. The van der Waals surface area contributed by atoms with E-state index in [1.165, 1.54) is 0 Å². The zero-order valence-electron chi connectivity index (χ0n) is 15.9. The van der Waals surface area contributed by atoms with Crippen LogP contribution in [0.3, 0.4) is 0 Å². The first-order valence-electron chi connectivity index (χ1n) is 8.90. The van der Waals surface area contributed by atoms with E-state index in [0.29, 0.717) is 11.6 Å². The standard InChI is InChI=1S/C21H21N3O3S/c1-13-19-20(16-11-15(26-2)9-10-17(16)27-3)28-12-18(25)22-21(19)24(23-13)14-7-5-4-6-8-14/h4-11,20H,12H2,1-3H3,(H,22,25)/t20-/m1/s1. The average Bonchev–Trinajstić information content (AvgIpc) is 2.93. The van der Waals surface area contributed by atoms with Crippen LogP contribution < -0.4 is 14.8 Å². The third-order valence-corrected chi connectivity index (χ3v) is 5.98. The molecule has 0 aliphatic carbocycles. The van der Waals surface area contributed by atoms with Crippen molar-refractivity contribution in [2.45, 2.75) is 12.2 Å². The molecule has 0 radical (unpaired) electrons. The Labute approximate surface area is 167 Å². The molecule has 0 unspecified atom stereocenters. The summed E-state index contributed by atoms with van der Waals surface area (Å²) >= 11 is 1.56. The highest BCUT2D eigenvalue weighted by Crippen LogP contribution is 2.47. The van der Waals surface area contributed by atoms with E-state index in [2.05, 4.69) is 5.32 Å². The van der Waals surface area contributed by atoms with Gasteiger partial charge in [0.15, 0.2) is 0 Å². The van der Waals surface area contributed by atoms with Crippen LogP contribution in [0, 0.1) is 6.92 Å². The normalized spacial score (nSPS) is 16.1. The van der Waals surface area contributed by atoms with E-state index < -0.39 is 0 Å². The smallest absolute Gasteiger partial charge is 0.235 e. The molecule has 2 heterocycles. The molecule has 0 saturated carbocycles. The van der Waals surface area contributed by atoms with Gasteiger partial charge in [-0.05, 0) is 37.3 Å². The minimum atomic E-state index is -0.114. The molecule has 0 fully saturated rings. The minimum absolute atomic E-state index is 0.0484. The Morgan fingerprint density at radius 2 is 1.93 bits per heavy atom. The van der Waals surface area contributed by atoms with Gasteiger partial charge < -0.3 is 14.8 Å². The summed E-state index contributed by atoms with van der Waals surface area (Å²) in [6.45, 7) is 1.97. The summed E-state index contributed by atoms with van der Waals surface area (Å²) in [4.78, 5) is 12.5. The van der Waals surface area contributed by atoms with Crippen molar-refractivity contribution < 1.29 is 14.3 Å². The second-order valence-electron chi connectivity index (χ2n) is 6.44. The van der Waals surface area contributed by atoms with Crippen molar-refractivity contribution in [2.75, 3.05) is 25.3 Å². The Balaban J connectivity index is 1.92. The Hall–Kier alpha value is -2.93. The van der Waals surface area contributed by atoms with Crippen LogP contribution in [0.5, 0.6) is 11.5 Å². The summed E-state index contributed by atoms with van der Waals surface area (Å²) in [6.07, 6.45) is 0. The lowest BCUT2D eigenvalue weighted by Crippen LogP contribution is -2.15. The van der Waals surface area contributed by atoms with Crippen molar-refractivity contribution in [3.63, 3.8) is 0 Å². The molecular weight excluding hydrogens is 374 g/mol. The third-order valence-electron chi connectivity index (χ3n) is 4.73. The molecule has 28 heavy (non-hydrogen) atoms. The molecule has 1 aliphatic heterocycles. The summed E-state index contributed by atoms with van der Waals surface area (Å²) in [5.74, 6) is 2.50. The summed E-state index contributed by atoms with van der Waals surface area (Å²) in [5.41, 5.74) is 3.70. The first kappa shape index (κ1) is 18.4. The van der Waals surface area contributed by atoms with Crippen molar-refractivity contribution in [1.29, 1.82) is 0 Å².